The van der Waals surface area contributed by atoms with Crippen molar-refractivity contribution in [3.05, 3.63) is 531 Å². The molecule has 0 aliphatic heterocycles. The maximum atomic E-state index is 16.6. The zero-order chi connectivity index (χ0) is 101. The van der Waals surface area contributed by atoms with Gasteiger partial charge in [-0.3, -0.25) is 0 Å². The van der Waals surface area contributed by atoms with E-state index in [9.17, 15) is 43.9 Å². The summed E-state index contributed by atoms with van der Waals surface area (Å²) in [5.74, 6) is -5.73. The smallest absolute Gasteiger partial charge is 0.310 e. The van der Waals surface area contributed by atoms with E-state index in [4.69, 9.17) is 0 Å². The second-order valence-electron chi connectivity index (χ2n) is 36.3. The highest BCUT2D eigenvalue weighted by Gasteiger charge is 2.35. The van der Waals surface area contributed by atoms with Crippen LogP contribution in [0.2, 0.25) is 0 Å². The molecule has 0 unspecified atom stereocenters. The molecule has 0 atom stereocenters. The molecular formula is C130H78F14N4. The van der Waals surface area contributed by atoms with Gasteiger partial charge in [0.1, 0.15) is 23.3 Å². The SMILES string of the molecule is Fc1ccc(-c2cc(-c3ccccc3)cc(N(c3ccc(C(F)(F)F)cc3)c3ccc4ccc5c(N(c6ccc(C(F)(F)F)cc6)c6cc(-c7ccccc7)cc(-c7ccc(F)cc7)c6)ccc6ccc3c4c65)c2)cc1.Fc1ccc(-c2cc(-c3ccccc3)cc(N(c3cccc(F)c3F)c3ccc4ccc5c(N(c6cc(-c7ccccc7)cc(-c7ccc(F)cc7)c6)c6cccc(F)c6F)ccc6ccc3c4c65)c2)cc1. The van der Waals surface area contributed by atoms with Gasteiger partial charge in [0.25, 0.3) is 0 Å². The van der Waals surface area contributed by atoms with Crippen LogP contribution in [0.1, 0.15) is 11.1 Å². The average Bonchev–Trinajstić information content (AvgIpc) is 0.718. The minimum atomic E-state index is -4.59. The Morgan fingerprint density at radius 1 is 0.149 bits per heavy atom. The molecular weight excluding hydrogens is 1880 g/mol. The molecule has 716 valence electrons. The molecule has 0 heterocycles. The molecule has 24 rings (SSSR count). The van der Waals surface area contributed by atoms with Crippen molar-refractivity contribution in [2.75, 3.05) is 19.6 Å². The molecule has 4 nitrogen and oxygen atoms in total. The first-order valence-corrected chi connectivity index (χ1v) is 47.6. The fourth-order valence-corrected chi connectivity index (χ4v) is 20.3. The van der Waals surface area contributed by atoms with E-state index in [0.29, 0.717) is 67.6 Å². The quantitative estimate of drug-likeness (QED) is 0.0557. The van der Waals surface area contributed by atoms with Gasteiger partial charge in [-0.15, -0.1) is 0 Å². The van der Waals surface area contributed by atoms with E-state index in [1.165, 1.54) is 97.1 Å². The lowest BCUT2D eigenvalue weighted by Gasteiger charge is -2.30. The van der Waals surface area contributed by atoms with Crippen molar-refractivity contribution in [1.29, 1.82) is 0 Å². The van der Waals surface area contributed by atoms with Crippen molar-refractivity contribution in [3.8, 4) is 89.0 Å². The predicted octanol–water partition coefficient (Wildman–Crippen LogP) is 39.5. The van der Waals surface area contributed by atoms with Gasteiger partial charge < -0.3 is 19.6 Å². The van der Waals surface area contributed by atoms with E-state index >= 15 is 17.6 Å². The van der Waals surface area contributed by atoms with Gasteiger partial charge in [-0.1, -0.05) is 255 Å². The third-order valence-corrected chi connectivity index (χ3v) is 27.3. The summed E-state index contributed by atoms with van der Waals surface area (Å²) >= 11 is 0. The Hall–Kier alpha value is -18.4. The number of benzene rings is 24. The fraction of sp³-hybridized carbons (Fsp3) is 0.0154. The lowest BCUT2D eigenvalue weighted by molar-refractivity contribution is -0.138. The van der Waals surface area contributed by atoms with Gasteiger partial charge in [-0.2, -0.15) is 26.3 Å². The molecule has 0 aromatic heterocycles. The standard InChI is InChI=1S/C66H40F8N2.C64H38F6N2/c67-53-23-11-43(12-24-53)49-35-47(41-7-3-1-4-8-41)37-57(39-49)75(55-27-19-51(20-28-55)65(69,70)71)61-33-17-45-16-32-60-62(34-18-46-15-31-59(61)63(45)64(46)60)76(56-29-21-52(22-30-56)66(72,73)74)58-38-48(42-9-5-2-6-10-42)36-50(40-58)44-13-25-54(68)26-14-44;65-49-25-17-41(18-26-49)47-33-45(39-9-3-1-4-10-39)35-51(37-47)71(59-15-7-13-55(67)63(59)69)57-31-23-43-22-30-54-58(32-24-44-21-29-53(57)61(43)62(44)54)72(60-16-8-14-56(68)64(60)70)52-36-46(40-11-5-2-6-12-40)34-48(38-52)42-19-27-50(66)28-20-42/h1-40H;1-38H. The lowest BCUT2D eigenvalue weighted by Crippen LogP contribution is -2.14. The number of nitrogens with zero attached hydrogens (tertiary/aromatic N) is 4. The summed E-state index contributed by atoms with van der Waals surface area (Å²) in [6.45, 7) is 0. The zero-order valence-corrected chi connectivity index (χ0v) is 78.1. The largest absolute Gasteiger partial charge is 0.416 e. The van der Waals surface area contributed by atoms with E-state index in [0.717, 1.165) is 179 Å². The third-order valence-electron chi connectivity index (χ3n) is 27.3. The molecule has 0 amide bonds. The average molecular weight is 1960 g/mol. The number of halogens is 14. The van der Waals surface area contributed by atoms with Crippen LogP contribution in [0.25, 0.3) is 154 Å². The molecule has 0 spiro atoms. The normalized spacial score (nSPS) is 11.7. The summed E-state index contributed by atoms with van der Waals surface area (Å²) in [6.07, 6.45) is -9.17. The first kappa shape index (κ1) is 93.2. The fourth-order valence-electron chi connectivity index (χ4n) is 20.3. The van der Waals surface area contributed by atoms with E-state index in [-0.39, 0.29) is 11.4 Å². The van der Waals surface area contributed by atoms with Gasteiger partial charge in [-0.25, -0.2) is 35.1 Å². The summed E-state index contributed by atoms with van der Waals surface area (Å²) in [4.78, 5) is 7.30. The second kappa shape index (κ2) is 38.4. The Kier molecular flexibility index (Phi) is 24.2. The van der Waals surface area contributed by atoms with E-state index in [2.05, 4.69) is 0 Å². The van der Waals surface area contributed by atoms with Crippen LogP contribution in [0.15, 0.2) is 473 Å². The van der Waals surface area contributed by atoms with Crippen LogP contribution in [0.3, 0.4) is 0 Å². The molecule has 0 fully saturated rings. The molecule has 148 heavy (non-hydrogen) atoms. The maximum Gasteiger partial charge on any atom is 0.416 e. The van der Waals surface area contributed by atoms with E-state index < -0.39 is 70.0 Å². The monoisotopic (exact) mass is 1960 g/mol. The second-order valence-corrected chi connectivity index (χ2v) is 36.3. The van der Waals surface area contributed by atoms with Crippen LogP contribution in [0.4, 0.5) is 130 Å². The maximum absolute atomic E-state index is 16.6. The minimum absolute atomic E-state index is 0.0380. The first-order chi connectivity index (χ1) is 71.9. The van der Waals surface area contributed by atoms with Crippen molar-refractivity contribution in [2.24, 2.45) is 0 Å². The molecule has 0 saturated carbocycles. The number of hydrogen-bond acceptors (Lipinski definition) is 4. The van der Waals surface area contributed by atoms with Gasteiger partial charge in [0.15, 0.2) is 23.3 Å². The van der Waals surface area contributed by atoms with Gasteiger partial charge >= 0.3 is 12.4 Å². The van der Waals surface area contributed by atoms with Crippen molar-refractivity contribution < 1.29 is 61.5 Å². The number of anilines is 12. The Bertz CT molecular complexity index is 8590. The van der Waals surface area contributed by atoms with Crippen LogP contribution in [-0.2, 0) is 12.4 Å². The molecule has 18 heteroatoms. The van der Waals surface area contributed by atoms with Gasteiger partial charge in [0, 0.05) is 55.7 Å². The summed E-state index contributed by atoms with van der Waals surface area (Å²) in [5.41, 5.74) is 16.5. The third kappa shape index (κ3) is 17.9. The number of alkyl halides is 6. The van der Waals surface area contributed by atoms with Crippen LogP contribution >= 0.6 is 0 Å². The highest BCUT2D eigenvalue weighted by Crippen LogP contribution is 2.55. The van der Waals surface area contributed by atoms with Gasteiger partial charge in [-0.05, 0) is 350 Å². The summed E-state index contributed by atoms with van der Waals surface area (Å²) in [6, 6.07) is 137. The highest BCUT2D eigenvalue weighted by molar-refractivity contribution is 6.30. The Morgan fingerprint density at radius 2 is 0.358 bits per heavy atom. The van der Waals surface area contributed by atoms with Crippen LogP contribution < -0.4 is 19.6 Å². The first-order valence-electron chi connectivity index (χ1n) is 47.6. The van der Waals surface area contributed by atoms with Crippen LogP contribution in [0.5, 0.6) is 0 Å². The number of rotatable bonds is 20. The number of hydrogen-bond donors (Lipinski definition) is 0. The minimum Gasteiger partial charge on any atom is -0.310 e. The van der Waals surface area contributed by atoms with Crippen molar-refractivity contribution in [2.45, 2.75) is 12.4 Å². The summed E-state index contributed by atoms with van der Waals surface area (Å²) < 4.78 is 207. The highest BCUT2D eigenvalue weighted by atomic mass is 19.4. The molecule has 0 saturated heterocycles. The summed E-state index contributed by atoms with van der Waals surface area (Å²) in [5, 5.41) is 9.68. The van der Waals surface area contributed by atoms with Gasteiger partial charge in [0.2, 0.25) is 0 Å². The topological polar surface area (TPSA) is 13.0 Å². The molecule has 24 aromatic rings. The van der Waals surface area contributed by atoms with E-state index in [1.807, 2.05) is 301 Å². The van der Waals surface area contributed by atoms with E-state index in [1.54, 1.807) is 58.3 Å². The lowest BCUT2D eigenvalue weighted by atomic mass is 9.91. The van der Waals surface area contributed by atoms with Gasteiger partial charge in [0.05, 0.1) is 45.3 Å². The molecule has 0 aliphatic carbocycles. The Balaban J connectivity index is 0.000000163. The van der Waals surface area contributed by atoms with Crippen molar-refractivity contribution >= 4 is 133 Å². The summed E-state index contributed by atoms with van der Waals surface area (Å²) in [7, 11) is 0. The van der Waals surface area contributed by atoms with Crippen molar-refractivity contribution in [3.63, 3.8) is 0 Å². The zero-order valence-electron chi connectivity index (χ0n) is 78.1. The van der Waals surface area contributed by atoms with Crippen molar-refractivity contribution in [1.82, 2.24) is 0 Å². The molecule has 0 aliphatic rings. The molecule has 24 aromatic carbocycles. The Morgan fingerprint density at radius 3 is 0.588 bits per heavy atom. The molecule has 0 radical (unpaired) electrons. The van der Waals surface area contributed by atoms with Crippen LogP contribution in [0, 0.1) is 46.5 Å². The van der Waals surface area contributed by atoms with Crippen LogP contribution in [-0.4, -0.2) is 0 Å². The molecule has 0 bridgehead atoms. The predicted molar refractivity (Wildman–Crippen MR) is 572 cm³/mol. The molecule has 0 N–H and O–H groups in total. The Labute approximate surface area is 841 Å².